The highest BCUT2D eigenvalue weighted by Crippen LogP contribution is 2.27. The molecule has 2 heterocycles. The van der Waals surface area contributed by atoms with Gasteiger partial charge in [0.1, 0.15) is 11.5 Å². The van der Waals surface area contributed by atoms with E-state index in [0.717, 1.165) is 44.0 Å². The van der Waals surface area contributed by atoms with Crippen LogP contribution in [-0.2, 0) is 19.4 Å². The molecule has 2 aromatic carbocycles. The van der Waals surface area contributed by atoms with Gasteiger partial charge in [0.05, 0.1) is 12.7 Å². The van der Waals surface area contributed by atoms with Gasteiger partial charge in [0.15, 0.2) is 0 Å². The average molecular weight is 403 g/mol. The van der Waals surface area contributed by atoms with Crippen LogP contribution < -0.4 is 15.2 Å². The van der Waals surface area contributed by atoms with Gasteiger partial charge in [-0.15, -0.1) is 0 Å². The van der Waals surface area contributed by atoms with Crippen LogP contribution in [0.15, 0.2) is 60.8 Å². The number of carbonyl (C=O) groups excluding carboxylic acids is 1. The summed E-state index contributed by atoms with van der Waals surface area (Å²) < 4.78 is 11.1. The predicted octanol–water partition coefficient (Wildman–Crippen LogP) is 3.58. The van der Waals surface area contributed by atoms with Gasteiger partial charge >= 0.3 is 0 Å². The molecule has 6 heteroatoms. The van der Waals surface area contributed by atoms with Crippen LogP contribution in [0.3, 0.4) is 0 Å². The van der Waals surface area contributed by atoms with Crippen molar-refractivity contribution in [3.8, 4) is 17.4 Å². The predicted molar refractivity (Wildman–Crippen MR) is 115 cm³/mol. The van der Waals surface area contributed by atoms with Crippen LogP contribution >= 0.6 is 0 Å². The number of hydrogen-bond donors (Lipinski definition) is 1. The molecule has 0 saturated carbocycles. The van der Waals surface area contributed by atoms with Crippen LogP contribution in [0, 0.1) is 0 Å². The Hall–Kier alpha value is -3.38. The summed E-state index contributed by atoms with van der Waals surface area (Å²) in [4.78, 5) is 17.8. The molecule has 0 fully saturated rings. The second kappa shape index (κ2) is 8.97. The van der Waals surface area contributed by atoms with Crippen LogP contribution in [0.1, 0.15) is 27.0 Å². The smallest absolute Gasteiger partial charge is 0.250 e. The summed E-state index contributed by atoms with van der Waals surface area (Å²) in [6.45, 7) is 3.00. The van der Waals surface area contributed by atoms with Crippen molar-refractivity contribution in [2.24, 2.45) is 5.73 Å². The highest BCUT2D eigenvalue weighted by molar-refractivity contribution is 5.92. The molecule has 1 aliphatic heterocycles. The van der Waals surface area contributed by atoms with E-state index in [0.29, 0.717) is 11.4 Å². The number of ether oxygens (including phenoxy) is 2. The molecule has 30 heavy (non-hydrogen) atoms. The zero-order chi connectivity index (χ0) is 20.9. The molecule has 2 N–H and O–H groups in total. The first-order valence-electron chi connectivity index (χ1n) is 10.0. The third-order valence-corrected chi connectivity index (χ3v) is 5.39. The Morgan fingerprint density at radius 2 is 1.87 bits per heavy atom. The van der Waals surface area contributed by atoms with E-state index in [9.17, 15) is 4.79 Å². The summed E-state index contributed by atoms with van der Waals surface area (Å²) in [5.74, 6) is 1.58. The monoisotopic (exact) mass is 403 g/mol. The summed E-state index contributed by atoms with van der Waals surface area (Å²) in [7, 11) is 1.69. The van der Waals surface area contributed by atoms with Gasteiger partial charge in [-0.2, -0.15) is 0 Å². The molecule has 0 atom stereocenters. The molecule has 4 rings (SSSR count). The highest BCUT2D eigenvalue weighted by atomic mass is 16.5. The van der Waals surface area contributed by atoms with Crippen molar-refractivity contribution >= 4 is 5.91 Å². The van der Waals surface area contributed by atoms with Gasteiger partial charge in [-0.3, -0.25) is 9.69 Å². The Labute approximate surface area is 176 Å². The SMILES string of the molecule is COc1ccc(CCN2CCc3cc(Oc4ccc(C(N)=O)cn4)ccc3C2)cc1. The third kappa shape index (κ3) is 4.78. The summed E-state index contributed by atoms with van der Waals surface area (Å²) in [6.07, 6.45) is 3.44. The van der Waals surface area contributed by atoms with Crippen LogP contribution in [0.4, 0.5) is 0 Å². The van der Waals surface area contributed by atoms with Crippen LogP contribution in [0.5, 0.6) is 17.4 Å². The molecule has 0 aliphatic carbocycles. The van der Waals surface area contributed by atoms with Crippen molar-refractivity contribution in [2.75, 3.05) is 20.2 Å². The van der Waals surface area contributed by atoms with Crippen molar-refractivity contribution in [3.63, 3.8) is 0 Å². The Bertz CT molecular complexity index is 1020. The molecule has 6 nitrogen and oxygen atoms in total. The van der Waals surface area contributed by atoms with Gasteiger partial charge < -0.3 is 15.2 Å². The van der Waals surface area contributed by atoms with E-state index < -0.39 is 5.91 Å². The zero-order valence-corrected chi connectivity index (χ0v) is 17.0. The normalized spacial score (nSPS) is 13.5. The number of pyridine rings is 1. The fourth-order valence-electron chi connectivity index (χ4n) is 3.63. The van der Waals surface area contributed by atoms with Crippen molar-refractivity contribution in [1.82, 2.24) is 9.88 Å². The van der Waals surface area contributed by atoms with E-state index in [2.05, 4.69) is 34.1 Å². The molecule has 0 bridgehead atoms. The van der Waals surface area contributed by atoms with E-state index in [1.807, 2.05) is 18.2 Å². The first-order valence-corrected chi connectivity index (χ1v) is 10.0. The third-order valence-electron chi connectivity index (χ3n) is 5.39. The van der Waals surface area contributed by atoms with Gasteiger partial charge in [0.25, 0.3) is 0 Å². The van der Waals surface area contributed by atoms with Gasteiger partial charge in [-0.1, -0.05) is 18.2 Å². The number of methoxy groups -OCH3 is 1. The van der Waals surface area contributed by atoms with E-state index in [1.165, 1.54) is 22.9 Å². The number of rotatable bonds is 7. The Kier molecular flexibility index (Phi) is 5.95. The summed E-state index contributed by atoms with van der Waals surface area (Å²) in [5.41, 5.74) is 9.57. The number of nitrogens with two attached hydrogens (primary N) is 1. The van der Waals surface area contributed by atoms with E-state index in [1.54, 1.807) is 19.2 Å². The van der Waals surface area contributed by atoms with Gasteiger partial charge in [0.2, 0.25) is 11.8 Å². The molecule has 0 spiro atoms. The lowest BCUT2D eigenvalue weighted by Gasteiger charge is -2.29. The minimum absolute atomic E-state index is 0.363. The van der Waals surface area contributed by atoms with E-state index in [-0.39, 0.29) is 0 Å². The second-order valence-corrected chi connectivity index (χ2v) is 7.41. The maximum absolute atomic E-state index is 11.1. The molecule has 3 aromatic rings. The quantitative estimate of drug-likeness (QED) is 0.652. The number of hydrogen-bond acceptors (Lipinski definition) is 5. The molecule has 154 valence electrons. The van der Waals surface area contributed by atoms with Crippen LogP contribution in [-0.4, -0.2) is 36.0 Å². The lowest BCUT2D eigenvalue weighted by atomic mass is 9.99. The van der Waals surface area contributed by atoms with Gasteiger partial charge in [0, 0.05) is 31.9 Å². The molecule has 1 amide bonds. The number of fused-ring (bicyclic) bond motifs is 1. The molecule has 0 unspecified atom stereocenters. The summed E-state index contributed by atoms with van der Waals surface area (Å²) >= 11 is 0. The molecule has 0 saturated heterocycles. The molecular weight excluding hydrogens is 378 g/mol. The number of primary amides is 1. The molecule has 0 radical (unpaired) electrons. The number of nitrogens with zero attached hydrogens (tertiary/aromatic N) is 2. The minimum atomic E-state index is -0.501. The summed E-state index contributed by atoms with van der Waals surface area (Å²) in [5, 5.41) is 0. The number of benzene rings is 2. The average Bonchev–Trinajstić information content (AvgIpc) is 2.78. The van der Waals surface area contributed by atoms with E-state index in [4.69, 9.17) is 15.2 Å². The molecule has 1 aromatic heterocycles. The first-order chi connectivity index (χ1) is 14.6. The molecular formula is C24H25N3O3. The van der Waals surface area contributed by atoms with Gasteiger partial charge in [-0.05, 0) is 59.9 Å². The van der Waals surface area contributed by atoms with Crippen molar-refractivity contribution in [2.45, 2.75) is 19.4 Å². The second-order valence-electron chi connectivity index (χ2n) is 7.41. The Morgan fingerprint density at radius 3 is 2.57 bits per heavy atom. The first kappa shape index (κ1) is 19.9. The zero-order valence-electron chi connectivity index (χ0n) is 17.0. The highest BCUT2D eigenvalue weighted by Gasteiger charge is 2.17. The molecule has 1 aliphatic rings. The van der Waals surface area contributed by atoms with Crippen molar-refractivity contribution in [3.05, 3.63) is 83.0 Å². The number of carbonyl (C=O) groups is 1. The fourth-order valence-corrected chi connectivity index (χ4v) is 3.63. The Balaban J connectivity index is 1.35. The van der Waals surface area contributed by atoms with E-state index >= 15 is 0 Å². The lowest BCUT2D eigenvalue weighted by Crippen LogP contribution is -2.32. The van der Waals surface area contributed by atoms with Crippen molar-refractivity contribution < 1.29 is 14.3 Å². The lowest BCUT2D eigenvalue weighted by molar-refractivity contribution is 0.1000. The van der Waals surface area contributed by atoms with Crippen LogP contribution in [0.25, 0.3) is 0 Å². The number of amides is 1. The Morgan fingerprint density at radius 1 is 1.07 bits per heavy atom. The fraction of sp³-hybridized carbons (Fsp3) is 0.250. The summed E-state index contributed by atoms with van der Waals surface area (Å²) in [6, 6.07) is 17.7. The topological polar surface area (TPSA) is 77.7 Å². The standard InChI is InChI=1S/C24H25N3O3/c1-29-21-6-2-17(3-7-21)10-12-27-13-11-18-14-22(8-4-20(18)16-27)30-23-9-5-19(15-26-23)24(25)28/h2-9,14-15H,10-13,16H2,1H3,(H2,25,28). The van der Waals surface area contributed by atoms with Gasteiger partial charge in [-0.25, -0.2) is 4.98 Å². The van der Waals surface area contributed by atoms with Crippen LogP contribution in [0.2, 0.25) is 0 Å². The van der Waals surface area contributed by atoms with Crippen molar-refractivity contribution in [1.29, 1.82) is 0 Å². The minimum Gasteiger partial charge on any atom is -0.497 e. The number of aromatic nitrogens is 1. The maximum Gasteiger partial charge on any atom is 0.250 e. The largest absolute Gasteiger partial charge is 0.497 e. The maximum atomic E-state index is 11.1.